The normalized spacial score (nSPS) is 15.1. The standard InChI is InChI=1S/C21H23ClN2O/c22-18-5-4-17-10-14-24(21(17)16-18)19-6-8-20(9-7-19)25-15-3-13-23-11-1-2-12-23/h4-10,14,16H,1-3,11-13,15H2. The number of hydrogen-bond donors (Lipinski definition) is 0. The fourth-order valence-corrected chi connectivity index (χ4v) is 3.68. The molecule has 4 heteroatoms. The van der Waals surface area contributed by atoms with Crippen LogP contribution in [0.2, 0.25) is 5.02 Å². The van der Waals surface area contributed by atoms with Crippen LogP contribution in [-0.2, 0) is 0 Å². The number of hydrogen-bond acceptors (Lipinski definition) is 2. The first-order chi connectivity index (χ1) is 12.3. The van der Waals surface area contributed by atoms with Gasteiger partial charge in [0.15, 0.2) is 0 Å². The molecule has 25 heavy (non-hydrogen) atoms. The molecule has 1 fully saturated rings. The molecule has 0 N–H and O–H groups in total. The molecule has 0 unspecified atom stereocenters. The highest BCUT2D eigenvalue weighted by atomic mass is 35.5. The van der Waals surface area contributed by atoms with Crippen molar-refractivity contribution in [3.05, 3.63) is 59.8 Å². The molecule has 2 aromatic carbocycles. The molecule has 0 spiro atoms. The van der Waals surface area contributed by atoms with E-state index in [1.165, 1.54) is 31.3 Å². The first kappa shape index (κ1) is 16.5. The molecule has 130 valence electrons. The highest BCUT2D eigenvalue weighted by Crippen LogP contribution is 2.25. The van der Waals surface area contributed by atoms with Gasteiger partial charge in [0.2, 0.25) is 0 Å². The lowest BCUT2D eigenvalue weighted by molar-refractivity contribution is 0.263. The number of benzene rings is 2. The minimum atomic E-state index is 0.755. The van der Waals surface area contributed by atoms with E-state index in [1.54, 1.807) is 0 Å². The summed E-state index contributed by atoms with van der Waals surface area (Å²) in [6.07, 6.45) is 5.86. The Bertz CT molecular complexity index is 835. The van der Waals surface area contributed by atoms with E-state index < -0.39 is 0 Å². The van der Waals surface area contributed by atoms with Gasteiger partial charge in [-0.05, 0) is 74.8 Å². The second-order valence-electron chi connectivity index (χ2n) is 6.63. The van der Waals surface area contributed by atoms with E-state index in [9.17, 15) is 0 Å². The molecular formula is C21H23ClN2O. The van der Waals surface area contributed by atoms with Crippen molar-refractivity contribution in [2.24, 2.45) is 0 Å². The number of fused-ring (bicyclic) bond motifs is 1. The lowest BCUT2D eigenvalue weighted by Crippen LogP contribution is -2.21. The first-order valence-corrected chi connectivity index (χ1v) is 9.40. The minimum absolute atomic E-state index is 0.755. The van der Waals surface area contributed by atoms with Crippen molar-refractivity contribution in [2.75, 3.05) is 26.2 Å². The van der Waals surface area contributed by atoms with Gasteiger partial charge in [-0.3, -0.25) is 0 Å². The van der Waals surface area contributed by atoms with Crippen molar-refractivity contribution >= 4 is 22.5 Å². The third kappa shape index (κ3) is 3.83. The molecule has 1 saturated heterocycles. The number of halogens is 1. The second kappa shape index (κ2) is 7.51. The lowest BCUT2D eigenvalue weighted by atomic mass is 10.2. The molecule has 0 aliphatic carbocycles. The summed E-state index contributed by atoms with van der Waals surface area (Å²) in [6, 6.07) is 16.4. The Morgan fingerprint density at radius 1 is 0.960 bits per heavy atom. The van der Waals surface area contributed by atoms with Crippen LogP contribution >= 0.6 is 11.6 Å². The van der Waals surface area contributed by atoms with Crippen molar-refractivity contribution < 1.29 is 4.74 Å². The number of ether oxygens (including phenoxy) is 1. The summed E-state index contributed by atoms with van der Waals surface area (Å²) >= 11 is 6.14. The number of aromatic nitrogens is 1. The van der Waals surface area contributed by atoms with Gasteiger partial charge in [-0.2, -0.15) is 0 Å². The summed E-state index contributed by atoms with van der Waals surface area (Å²) in [5.74, 6) is 0.930. The lowest BCUT2D eigenvalue weighted by Gasteiger charge is -2.14. The molecule has 2 heterocycles. The molecule has 4 rings (SSSR count). The van der Waals surface area contributed by atoms with E-state index in [4.69, 9.17) is 16.3 Å². The van der Waals surface area contributed by atoms with E-state index in [2.05, 4.69) is 33.9 Å². The monoisotopic (exact) mass is 354 g/mol. The molecule has 3 aromatic rings. The average Bonchev–Trinajstić information content (AvgIpc) is 3.29. The Hall–Kier alpha value is -1.97. The SMILES string of the molecule is Clc1ccc2ccn(-c3ccc(OCCCN4CCCC4)cc3)c2c1. The fourth-order valence-electron chi connectivity index (χ4n) is 3.51. The Morgan fingerprint density at radius 2 is 1.76 bits per heavy atom. The zero-order chi connectivity index (χ0) is 17.1. The summed E-state index contributed by atoms with van der Waals surface area (Å²) in [7, 11) is 0. The van der Waals surface area contributed by atoms with Gasteiger partial charge in [-0.1, -0.05) is 17.7 Å². The Morgan fingerprint density at radius 3 is 2.56 bits per heavy atom. The Labute approximate surface area is 153 Å². The Kier molecular flexibility index (Phi) is 4.95. The maximum atomic E-state index is 6.14. The van der Waals surface area contributed by atoms with Gasteiger partial charge in [0.1, 0.15) is 5.75 Å². The molecule has 0 radical (unpaired) electrons. The van der Waals surface area contributed by atoms with Gasteiger partial charge in [-0.25, -0.2) is 0 Å². The molecule has 0 atom stereocenters. The zero-order valence-electron chi connectivity index (χ0n) is 14.3. The second-order valence-corrected chi connectivity index (χ2v) is 7.07. The van der Waals surface area contributed by atoms with E-state index in [0.717, 1.165) is 41.5 Å². The van der Waals surface area contributed by atoms with Gasteiger partial charge in [-0.15, -0.1) is 0 Å². The molecule has 0 saturated carbocycles. The summed E-state index contributed by atoms with van der Waals surface area (Å²) in [5.41, 5.74) is 2.23. The molecular weight excluding hydrogens is 332 g/mol. The van der Waals surface area contributed by atoms with Crippen LogP contribution in [0.3, 0.4) is 0 Å². The number of rotatable bonds is 6. The smallest absolute Gasteiger partial charge is 0.119 e. The van der Waals surface area contributed by atoms with Crippen LogP contribution in [-0.4, -0.2) is 35.7 Å². The molecule has 1 aromatic heterocycles. The predicted molar refractivity (Wildman–Crippen MR) is 104 cm³/mol. The fraction of sp³-hybridized carbons (Fsp3) is 0.333. The quantitative estimate of drug-likeness (QED) is 0.570. The van der Waals surface area contributed by atoms with Crippen molar-refractivity contribution in [3.63, 3.8) is 0 Å². The highest BCUT2D eigenvalue weighted by molar-refractivity contribution is 6.31. The molecule has 0 amide bonds. The van der Waals surface area contributed by atoms with Gasteiger partial charge < -0.3 is 14.2 Å². The van der Waals surface area contributed by atoms with Crippen LogP contribution in [0.25, 0.3) is 16.6 Å². The van der Waals surface area contributed by atoms with Gasteiger partial charge in [0, 0.05) is 28.8 Å². The van der Waals surface area contributed by atoms with Crippen LogP contribution < -0.4 is 4.74 Å². The largest absolute Gasteiger partial charge is 0.494 e. The molecule has 3 nitrogen and oxygen atoms in total. The van der Waals surface area contributed by atoms with Crippen LogP contribution in [0.1, 0.15) is 19.3 Å². The van der Waals surface area contributed by atoms with E-state index in [1.807, 2.05) is 30.3 Å². The highest BCUT2D eigenvalue weighted by Gasteiger charge is 2.10. The van der Waals surface area contributed by atoms with E-state index in [0.29, 0.717) is 0 Å². The number of nitrogens with zero attached hydrogens (tertiary/aromatic N) is 2. The van der Waals surface area contributed by atoms with Crippen LogP contribution in [0.4, 0.5) is 0 Å². The average molecular weight is 355 g/mol. The van der Waals surface area contributed by atoms with E-state index >= 15 is 0 Å². The summed E-state index contributed by atoms with van der Waals surface area (Å²) < 4.78 is 8.04. The van der Waals surface area contributed by atoms with Gasteiger partial charge in [0.05, 0.1) is 12.1 Å². The summed E-state index contributed by atoms with van der Waals surface area (Å²) in [6.45, 7) is 4.43. The molecule has 0 bridgehead atoms. The van der Waals surface area contributed by atoms with Crippen molar-refractivity contribution in [3.8, 4) is 11.4 Å². The van der Waals surface area contributed by atoms with Crippen LogP contribution in [0, 0.1) is 0 Å². The first-order valence-electron chi connectivity index (χ1n) is 9.02. The van der Waals surface area contributed by atoms with Crippen LogP contribution in [0.15, 0.2) is 54.7 Å². The van der Waals surface area contributed by atoms with Crippen molar-refractivity contribution in [2.45, 2.75) is 19.3 Å². The summed E-state index contributed by atoms with van der Waals surface area (Å²) in [4.78, 5) is 2.52. The topological polar surface area (TPSA) is 17.4 Å². The maximum absolute atomic E-state index is 6.14. The predicted octanol–water partition coefficient (Wildman–Crippen LogP) is 5.15. The van der Waals surface area contributed by atoms with E-state index in [-0.39, 0.29) is 0 Å². The third-order valence-corrected chi connectivity index (χ3v) is 5.09. The zero-order valence-corrected chi connectivity index (χ0v) is 15.1. The summed E-state index contributed by atoms with van der Waals surface area (Å²) in [5, 5.41) is 1.94. The number of likely N-dealkylation sites (tertiary alicyclic amines) is 1. The van der Waals surface area contributed by atoms with Crippen molar-refractivity contribution in [1.82, 2.24) is 9.47 Å². The maximum Gasteiger partial charge on any atom is 0.119 e. The van der Waals surface area contributed by atoms with Crippen molar-refractivity contribution in [1.29, 1.82) is 0 Å². The Balaban J connectivity index is 1.38. The van der Waals surface area contributed by atoms with Crippen LogP contribution in [0.5, 0.6) is 5.75 Å². The molecule has 1 aliphatic heterocycles. The molecule has 1 aliphatic rings. The minimum Gasteiger partial charge on any atom is -0.494 e. The third-order valence-electron chi connectivity index (χ3n) is 4.86. The van der Waals surface area contributed by atoms with Gasteiger partial charge >= 0.3 is 0 Å². The van der Waals surface area contributed by atoms with Gasteiger partial charge in [0.25, 0.3) is 0 Å².